The van der Waals surface area contributed by atoms with E-state index in [1.807, 2.05) is 13.0 Å². The summed E-state index contributed by atoms with van der Waals surface area (Å²) in [5, 5.41) is 1.11. The highest BCUT2D eigenvalue weighted by Crippen LogP contribution is 2.36. The van der Waals surface area contributed by atoms with Crippen LogP contribution in [0.1, 0.15) is 21.7 Å². The first kappa shape index (κ1) is 18.4. The first-order valence-electron chi connectivity index (χ1n) is 10.1. The van der Waals surface area contributed by atoms with Gasteiger partial charge in [0.2, 0.25) is 18.0 Å². The molecule has 3 heterocycles. The molecule has 32 heavy (non-hydrogen) atoms. The van der Waals surface area contributed by atoms with E-state index in [9.17, 15) is 9.59 Å². The summed E-state index contributed by atoms with van der Waals surface area (Å²) in [4.78, 5) is 26.2. The zero-order chi connectivity index (χ0) is 21.8. The van der Waals surface area contributed by atoms with Crippen molar-refractivity contribution in [2.24, 2.45) is 0 Å². The fourth-order valence-electron chi connectivity index (χ4n) is 4.04. The van der Waals surface area contributed by atoms with Crippen LogP contribution in [-0.4, -0.2) is 12.6 Å². The van der Waals surface area contributed by atoms with Crippen molar-refractivity contribution in [3.05, 3.63) is 94.0 Å². The van der Waals surface area contributed by atoms with Gasteiger partial charge in [0.05, 0.1) is 10.9 Å². The monoisotopic (exact) mass is 424 g/mol. The van der Waals surface area contributed by atoms with Gasteiger partial charge in [0.15, 0.2) is 17.3 Å². The number of hydrogen-bond acceptors (Lipinski definition) is 6. The second-order valence-corrected chi connectivity index (χ2v) is 7.64. The lowest BCUT2D eigenvalue weighted by atomic mass is 10.0. The lowest BCUT2D eigenvalue weighted by Gasteiger charge is -2.04. The van der Waals surface area contributed by atoms with Gasteiger partial charge in [0, 0.05) is 22.6 Å². The zero-order valence-corrected chi connectivity index (χ0v) is 17.0. The van der Waals surface area contributed by atoms with Gasteiger partial charge in [-0.2, -0.15) is 0 Å². The summed E-state index contributed by atoms with van der Waals surface area (Å²) in [6.07, 6.45) is 1.43. The third-order valence-electron chi connectivity index (χ3n) is 5.76. The van der Waals surface area contributed by atoms with E-state index in [1.54, 1.807) is 54.6 Å². The maximum absolute atomic E-state index is 13.3. The highest BCUT2D eigenvalue weighted by Gasteiger charge is 2.21. The fraction of sp³-hybridized carbons (Fsp3) is 0.0769. The van der Waals surface area contributed by atoms with Crippen LogP contribution in [0.5, 0.6) is 11.5 Å². The van der Waals surface area contributed by atoms with Gasteiger partial charge >= 0.3 is 0 Å². The Kier molecular flexibility index (Phi) is 3.95. The lowest BCUT2D eigenvalue weighted by Crippen LogP contribution is -2.04. The van der Waals surface area contributed by atoms with Crippen LogP contribution >= 0.6 is 0 Å². The first-order valence-corrected chi connectivity index (χ1v) is 10.1. The highest BCUT2D eigenvalue weighted by molar-refractivity contribution is 6.11. The van der Waals surface area contributed by atoms with Crippen LogP contribution in [0.3, 0.4) is 0 Å². The number of rotatable bonds is 3. The summed E-state index contributed by atoms with van der Waals surface area (Å²) in [7, 11) is 0. The predicted octanol–water partition coefficient (Wildman–Crippen LogP) is 5.47. The van der Waals surface area contributed by atoms with Crippen LogP contribution in [0, 0.1) is 6.92 Å². The van der Waals surface area contributed by atoms with Crippen LogP contribution in [0.4, 0.5) is 0 Å². The largest absolute Gasteiger partial charge is 0.463 e. The molecule has 0 saturated carbocycles. The van der Waals surface area contributed by atoms with E-state index >= 15 is 0 Å². The van der Waals surface area contributed by atoms with Crippen molar-refractivity contribution in [1.29, 1.82) is 0 Å². The number of ketones is 1. The molecule has 5 aromatic rings. The third-order valence-corrected chi connectivity index (χ3v) is 5.76. The molecular weight excluding hydrogens is 408 g/mol. The minimum absolute atomic E-state index is 0.160. The number of benzene rings is 3. The number of aryl methyl sites for hydroxylation is 1. The maximum Gasteiger partial charge on any atom is 0.231 e. The van der Waals surface area contributed by atoms with Crippen molar-refractivity contribution in [3.63, 3.8) is 0 Å². The van der Waals surface area contributed by atoms with E-state index in [1.165, 1.54) is 6.26 Å². The summed E-state index contributed by atoms with van der Waals surface area (Å²) >= 11 is 0. The molecule has 6 nitrogen and oxygen atoms in total. The van der Waals surface area contributed by atoms with Crippen molar-refractivity contribution in [2.45, 2.75) is 6.92 Å². The Morgan fingerprint density at radius 2 is 1.69 bits per heavy atom. The second kappa shape index (κ2) is 6.85. The van der Waals surface area contributed by atoms with E-state index in [0.717, 1.165) is 0 Å². The molecule has 3 aromatic carbocycles. The third kappa shape index (κ3) is 2.73. The molecule has 0 spiro atoms. The molecule has 0 atom stereocenters. The summed E-state index contributed by atoms with van der Waals surface area (Å²) in [6, 6.07) is 17.7. The van der Waals surface area contributed by atoms with Crippen LogP contribution in [-0.2, 0) is 0 Å². The number of fused-ring (bicyclic) bond motifs is 3. The summed E-state index contributed by atoms with van der Waals surface area (Å²) in [6.45, 7) is 1.98. The average molecular weight is 424 g/mol. The van der Waals surface area contributed by atoms with Crippen LogP contribution in [0.25, 0.3) is 33.1 Å². The number of carbonyl (C=O) groups is 1. The molecule has 1 aliphatic heterocycles. The first-order chi connectivity index (χ1) is 15.6. The molecule has 0 radical (unpaired) electrons. The van der Waals surface area contributed by atoms with Crippen molar-refractivity contribution < 1.29 is 23.1 Å². The standard InChI is InChI=1S/C26H16O6/c1-14-17-10-18-21(11-22(17)32-26(14)24(27)15-5-3-2-4-6-15)29-12-19(25(18)28)16-7-8-20-23(9-16)31-13-30-20/h2-12H,13H2,1H3. The average Bonchev–Trinajstić information content (AvgIpc) is 3.42. The summed E-state index contributed by atoms with van der Waals surface area (Å²) < 4.78 is 22.4. The number of furan rings is 1. The van der Waals surface area contributed by atoms with E-state index < -0.39 is 0 Å². The predicted molar refractivity (Wildman–Crippen MR) is 118 cm³/mol. The van der Waals surface area contributed by atoms with Crippen LogP contribution < -0.4 is 14.9 Å². The second-order valence-electron chi connectivity index (χ2n) is 7.64. The van der Waals surface area contributed by atoms with E-state index in [2.05, 4.69) is 0 Å². The van der Waals surface area contributed by atoms with Crippen LogP contribution in [0.2, 0.25) is 0 Å². The molecular formula is C26H16O6. The molecule has 0 unspecified atom stereocenters. The molecule has 0 saturated heterocycles. The van der Waals surface area contributed by atoms with Crippen molar-refractivity contribution >= 4 is 27.7 Å². The quantitative estimate of drug-likeness (QED) is 0.357. The van der Waals surface area contributed by atoms with Gasteiger partial charge in [-0.3, -0.25) is 9.59 Å². The molecule has 0 bridgehead atoms. The molecule has 0 aliphatic carbocycles. The minimum atomic E-state index is -0.205. The molecule has 6 heteroatoms. The number of carbonyl (C=O) groups excluding carboxylic acids is 1. The SMILES string of the molecule is Cc1c(C(=O)c2ccccc2)oc2cc3occ(-c4ccc5c(c4)OCO5)c(=O)c3cc12. The van der Waals surface area contributed by atoms with E-state index in [0.29, 0.717) is 55.7 Å². The normalized spacial score (nSPS) is 12.5. The van der Waals surface area contributed by atoms with Gasteiger partial charge in [0.1, 0.15) is 17.4 Å². The van der Waals surface area contributed by atoms with Gasteiger partial charge in [-0.1, -0.05) is 36.4 Å². The molecule has 6 rings (SSSR count). The van der Waals surface area contributed by atoms with Gasteiger partial charge in [0.25, 0.3) is 0 Å². The van der Waals surface area contributed by atoms with Crippen molar-refractivity contribution in [2.75, 3.05) is 6.79 Å². The summed E-state index contributed by atoms with van der Waals surface area (Å²) in [5.74, 6) is 1.28. The molecule has 0 fully saturated rings. The maximum atomic E-state index is 13.3. The summed E-state index contributed by atoms with van der Waals surface area (Å²) in [5.41, 5.74) is 3.02. The van der Waals surface area contributed by atoms with Gasteiger partial charge in [-0.25, -0.2) is 0 Å². The Bertz CT molecular complexity index is 1590. The fourth-order valence-corrected chi connectivity index (χ4v) is 4.04. The van der Waals surface area contributed by atoms with Gasteiger partial charge < -0.3 is 18.3 Å². The van der Waals surface area contributed by atoms with Crippen molar-refractivity contribution in [3.8, 4) is 22.6 Å². The van der Waals surface area contributed by atoms with E-state index in [-0.39, 0.29) is 23.8 Å². The Morgan fingerprint density at radius 1 is 0.875 bits per heavy atom. The molecule has 0 amide bonds. The number of hydrogen-bond donors (Lipinski definition) is 0. The topological polar surface area (TPSA) is 78.9 Å². The smallest absolute Gasteiger partial charge is 0.231 e. The molecule has 0 N–H and O–H groups in total. The Labute approximate surface area is 181 Å². The minimum Gasteiger partial charge on any atom is -0.463 e. The van der Waals surface area contributed by atoms with Crippen molar-refractivity contribution in [1.82, 2.24) is 0 Å². The van der Waals surface area contributed by atoms with Crippen LogP contribution in [0.15, 0.2) is 80.6 Å². The Balaban J connectivity index is 1.51. The number of ether oxygens (including phenoxy) is 2. The van der Waals surface area contributed by atoms with Gasteiger partial charge in [-0.15, -0.1) is 0 Å². The Hall–Kier alpha value is -4.32. The zero-order valence-electron chi connectivity index (χ0n) is 17.0. The van der Waals surface area contributed by atoms with Gasteiger partial charge in [-0.05, 0) is 30.7 Å². The molecule has 2 aromatic heterocycles. The Morgan fingerprint density at radius 3 is 2.53 bits per heavy atom. The molecule has 1 aliphatic rings. The molecule has 156 valence electrons. The lowest BCUT2D eigenvalue weighted by molar-refractivity contribution is 0.101. The van der Waals surface area contributed by atoms with E-state index in [4.69, 9.17) is 18.3 Å². The highest BCUT2D eigenvalue weighted by atomic mass is 16.7.